The molecule has 1 atom stereocenters. The number of aromatic nitrogens is 1. The van der Waals surface area contributed by atoms with Crippen LogP contribution in [0.25, 0.3) is 10.9 Å². The van der Waals surface area contributed by atoms with Crippen molar-refractivity contribution in [3.05, 3.63) is 30.5 Å². The number of hydrogen-bond acceptors (Lipinski definition) is 3. The molecular weight excluding hydrogens is 250 g/mol. The van der Waals surface area contributed by atoms with Crippen LogP contribution in [-0.4, -0.2) is 16.9 Å². The van der Waals surface area contributed by atoms with E-state index in [9.17, 15) is 4.79 Å². The highest BCUT2D eigenvalue weighted by Gasteiger charge is 2.30. The van der Waals surface area contributed by atoms with E-state index in [0.717, 1.165) is 22.3 Å². The second-order valence-electron chi connectivity index (χ2n) is 6.38. The lowest BCUT2D eigenvalue weighted by Gasteiger charge is -2.30. The summed E-state index contributed by atoms with van der Waals surface area (Å²) in [4.78, 5) is 16.5. The Morgan fingerprint density at radius 1 is 1.25 bits per heavy atom. The van der Waals surface area contributed by atoms with E-state index in [0.29, 0.717) is 6.42 Å². The van der Waals surface area contributed by atoms with Crippen molar-refractivity contribution in [3.63, 3.8) is 0 Å². The molecular formula is C16H19N3O. The highest BCUT2D eigenvalue weighted by Crippen LogP contribution is 2.36. The number of nitrogens with one attached hydrogen (secondary N) is 2. The lowest BCUT2D eigenvalue weighted by atomic mass is 9.84. The monoisotopic (exact) mass is 269 g/mol. The average Bonchev–Trinajstić information content (AvgIpc) is 2.56. The maximum absolute atomic E-state index is 12.1. The van der Waals surface area contributed by atoms with Crippen LogP contribution in [0.15, 0.2) is 30.5 Å². The summed E-state index contributed by atoms with van der Waals surface area (Å²) in [5.41, 5.74) is 2.67. The van der Waals surface area contributed by atoms with Gasteiger partial charge in [0.1, 0.15) is 0 Å². The van der Waals surface area contributed by atoms with E-state index in [1.807, 2.05) is 24.3 Å². The van der Waals surface area contributed by atoms with Crippen molar-refractivity contribution in [1.82, 2.24) is 4.98 Å². The first-order valence-electron chi connectivity index (χ1n) is 6.89. The van der Waals surface area contributed by atoms with Gasteiger partial charge in [-0.3, -0.25) is 9.78 Å². The molecule has 4 nitrogen and oxygen atoms in total. The molecule has 4 heteroatoms. The lowest BCUT2D eigenvalue weighted by molar-refractivity contribution is -0.116. The molecule has 20 heavy (non-hydrogen) atoms. The predicted molar refractivity (Wildman–Crippen MR) is 81.9 cm³/mol. The van der Waals surface area contributed by atoms with Gasteiger partial charge in [-0.1, -0.05) is 39.0 Å². The van der Waals surface area contributed by atoms with Crippen molar-refractivity contribution in [2.45, 2.75) is 33.2 Å². The Balaban J connectivity index is 2.17. The predicted octanol–water partition coefficient (Wildman–Crippen LogP) is 3.40. The third-order valence-corrected chi connectivity index (χ3v) is 3.80. The molecule has 1 aromatic heterocycles. The fourth-order valence-electron chi connectivity index (χ4n) is 2.53. The van der Waals surface area contributed by atoms with Gasteiger partial charge in [0.25, 0.3) is 0 Å². The van der Waals surface area contributed by atoms with E-state index >= 15 is 0 Å². The summed E-state index contributed by atoms with van der Waals surface area (Å²) in [6.45, 7) is 6.44. The molecule has 0 radical (unpaired) electrons. The standard InChI is InChI=1S/C16H19N3O/c1-16(2,3)13-8-14(20)18-12-9-17-11-7-5-4-6-10(11)15(12)19-13/h4-7,9,13,19H,8H2,1-3H3,(H,18,20). The summed E-state index contributed by atoms with van der Waals surface area (Å²) in [7, 11) is 0. The van der Waals surface area contributed by atoms with Crippen molar-refractivity contribution in [2.75, 3.05) is 10.6 Å². The van der Waals surface area contributed by atoms with Crippen molar-refractivity contribution >= 4 is 28.2 Å². The van der Waals surface area contributed by atoms with Gasteiger partial charge in [0.2, 0.25) is 5.91 Å². The smallest absolute Gasteiger partial charge is 0.226 e. The first-order valence-corrected chi connectivity index (χ1v) is 6.89. The minimum absolute atomic E-state index is 0.00330. The fourth-order valence-corrected chi connectivity index (χ4v) is 2.53. The Bertz CT molecular complexity index is 673. The Hall–Kier alpha value is -2.10. The zero-order chi connectivity index (χ0) is 14.3. The van der Waals surface area contributed by atoms with Gasteiger partial charge in [0, 0.05) is 17.8 Å². The molecule has 0 saturated carbocycles. The summed E-state index contributed by atoms with van der Waals surface area (Å²) in [5, 5.41) is 7.55. The molecule has 0 fully saturated rings. The second kappa shape index (κ2) is 4.47. The van der Waals surface area contributed by atoms with Gasteiger partial charge < -0.3 is 10.6 Å². The van der Waals surface area contributed by atoms with Gasteiger partial charge in [-0.25, -0.2) is 0 Å². The van der Waals surface area contributed by atoms with Crippen molar-refractivity contribution < 1.29 is 4.79 Å². The molecule has 1 unspecified atom stereocenters. The molecule has 0 saturated heterocycles. The zero-order valence-corrected chi connectivity index (χ0v) is 12.0. The molecule has 1 aliphatic rings. The minimum atomic E-state index is 0.00330. The molecule has 1 aromatic carbocycles. The summed E-state index contributed by atoms with van der Waals surface area (Å²) in [6, 6.07) is 8.07. The maximum atomic E-state index is 12.1. The van der Waals surface area contributed by atoms with E-state index in [2.05, 4.69) is 36.4 Å². The van der Waals surface area contributed by atoms with E-state index in [-0.39, 0.29) is 17.4 Å². The SMILES string of the molecule is CC(C)(C)C1CC(=O)Nc2cnc3ccccc3c2N1. The molecule has 104 valence electrons. The molecule has 3 rings (SSSR count). The third kappa shape index (κ3) is 2.22. The van der Waals surface area contributed by atoms with Crippen LogP contribution < -0.4 is 10.6 Å². The first kappa shape index (κ1) is 12.9. The average molecular weight is 269 g/mol. The number of para-hydroxylation sites is 1. The van der Waals surface area contributed by atoms with Crippen molar-refractivity contribution in [3.8, 4) is 0 Å². The molecule has 2 N–H and O–H groups in total. The molecule has 0 spiro atoms. The molecule has 0 aliphatic carbocycles. The van der Waals surface area contributed by atoms with E-state index in [1.165, 1.54) is 0 Å². The molecule has 0 bridgehead atoms. The van der Waals surface area contributed by atoms with Crippen LogP contribution in [0, 0.1) is 5.41 Å². The normalized spacial score (nSPS) is 18.9. The first-order chi connectivity index (χ1) is 9.45. The number of nitrogens with zero attached hydrogens (tertiary/aromatic N) is 1. The number of carbonyl (C=O) groups is 1. The summed E-state index contributed by atoms with van der Waals surface area (Å²) in [6.07, 6.45) is 2.19. The van der Waals surface area contributed by atoms with E-state index in [1.54, 1.807) is 6.20 Å². The fraction of sp³-hybridized carbons (Fsp3) is 0.375. The van der Waals surface area contributed by atoms with Crippen LogP contribution in [-0.2, 0) is 4.79 Å². The highest BCUT2D eigenvalue weighted by atomic mass is 16.1. The number of anilines is 2. The maximum Gasteiger partial charge on any atom is 0.226 e. The molecule has 2 aromatic rings. The Morgan fingerprint density at radius 2 is 2.00 bits per heavy atom. The van der Waals surface area contributed by atoms with Crippen LogP contribution >= 0.6 is 0 Å². The highest BCUT2D eigenvalue weighted by molar-refractivity contribution is 6.04. The number of benzene rings is 1. The van der Waals surface area contributed by atoms with Gasteiger partial charge in [0.05, 0.1) is 23.1 Å². The Morgan fingerprint density at radius 3 is 2.75 bits per heavy atom. The van der Waals surface area contributed by atoms with Gasteiger partial charge in [-0.05, 0) is 11.5 Å². The van der Waals surface area contributed by atoms with Crippen LogP contribution in [0.5, 0.6) is 0 Å². The Kier molecular flexibility index (Phi) is 2.89. The molecule has 1 amide bonds. The van der Waals surface area contributed by atoms with Gasteiger partial charge in [-0.15, -0.1) is 0 Å². The van der Waals surface area contributed by atoms with Crippen LogP contribution in [0.3, 0.4) is 0 Å². The van der Waals surface area contributed by atoms with Crippen molar-refractivity contribution in [2.24, 2.45) is 5.41 Å². The van der Waals surface area contributed by atoms with Crippen LogP contribution in [0.1, 0.15) is 27.2 Å². The van der Waals surface area contributed by atoms with Gasteiger partial charge in [0.15, 0.2) is 0 Å². The van der Waals surface area contributed by atoms with Crippen molar-refractivity contribution in [1.29, 1.82) is 0 Å². The summed E-state index contributed by atoms with van der Waals surface area (Å²) < 4.78 is 0. The quantitative estimate of drug-likeness (QED) is 0.770. The van der Waals surface area contributed by atoms with E-state index in [4.69, 9.17) is 0 Å². The van der Waals surface area contributed by atoms with Crippen LogP contribution in [0.4, 0.5) is 11.4 Å². The number of amides is 1. The number of carbonyl (C=O) groups excluding carboxylic acids is 1. The Labute approximate surface area is 118 Å². The lowest BCUT2D eigenvalue weighted by Crippen LogP contribution is -2.35. The van der Waals surface area contributed by atoms with E-state index < -0.39 is 0 Å². The largest absolute Gasteiger partial charge is 0.379 e. The summed E-state index contributed by atoms with van der Waals surface area (Å²) in [5.74, 6) is 0.0354. The van der Waals surface area contributed by atoms with Gasteiger partial charge >= 0.3 is 0 Å². The third-order valence-electron chi connectivity index (χ3n) is 3.80. The number of hydrogen-bond donors (Lipinski definition) is 2. The number of rotatable bonds is 0. The summed E-state index contributed by atoms with van der Waals surface area (Å²) >= 11 is 0. The van der Waals surface area contributed by atoms with Gasteiger partial charge in [-0.2, -0.15) is 0 Å². The minimum Gasteiger partial charge on any atom is -0.379 e. The zero-order valence-electron chi connectivity index (χ0n) is 12.0. The van der Waals surface area contributed by atoms with Crippen LogP contribution in [0.2, 0.25) is 0 Å². The topological polar surface area (TPSA) is 54.0 Å². The number of pyridine rings is 1. The second-order valence-corrected chi connectivity index (χ2v) is 6.38. The molecule has 1 aliphatic heterocycles. The molecule has 2 heterocycles. The number of fused-ring (bicyclic) bond motifs is 3.